The van der Waals surface area contributed by atoms with Crippen molar-refractivity contribution in [1.82, 2.24) is 19.9 Å². The first kappa shape index (κ1) is 18.6. The number of benzene rings is 1. The monoisotopic (exact) mass is 356 g/mol. The summed E-state index contributed by atoms with van der Waals surface area (Å²) in [7, 11) is 0. The van der Waals surface area contributed by atoms with Crippen LogP contribution in [0, 0.1) is 12.8 Å². The fourth-order valence-corrected chi connectivity index (χ4v) is 3.20. The van der Waals surface area contributed by atoms with Crippen LogP contribution in [0.5, 0.6) is 0 Å². The van der Waals surface area contributed by atoms with E-state index in [2.05, 4.69) is 35.8 Å². The molecule has 26 heavy (non-hydrogen) atoms. The Morgan fingerprint density at radius 1 is 1.15 bits per heavy atom. The van der Waals surface area contributed by atoms with Gasteiger partial charge < -0.3 is 9.42 Å². The Morgan fingerprint density at radius 3 is 2.42 bits per heavy atom. The molecule has 2 heterocycles. The van der Waals surface area contributed by atoms with Gasteiger partial charge in [0.1, 0.15) is 0 Å². The van der Waals surface area contributed by atoms with Crippen LogP contribution in [0.2, 0.25) is 0 Å². The van der Waals surface area contributed by atoms with Crippen molar-refractivity contribution in [3.05, 3.63) is 35.7 Å². The lowest BCUT2D eigenvalue weighted by molar-refractivity contribution is -0.137. The van der Waals surface area contributed by atoms with Crippen LogP contribution in [0.15, 0.2) is 28.8 Å². The summed E-state index contributed by atoms with van der Waals surface area (Å²) in [6, 6.07) is 8.15. The number of amides is 1. The summed E-state index contributed by atoms with van der Waals surface area (Å²) in [5.41, 5.74) is 2.16. The van der Waals surface area contributed by atoms with Gasteiger partial charge in [0.25, 0.3) is 0 Å². The van der Waals surface area contributed by atoms with Crippen molar-refractivity contribution < 1.29 is 9.32 Å². The molecule has 1 saturated heterocycles. The van der Waals surface area contributed by atoms with Gasteiger partial charge in [-0.25, -0.2) is 0 Å². The van der Waals surface area contributed by atoms with Crippen molar-refractivity contribution >= 4 is 5.91 Å². The molecule has 1 aliphatic rings. The van der Waals surface area contributed by atoms with Gasteiger partial charge in [0.05, 0.1) is 6.04 Å². The molecule has 3 rings (SSSR count). The molecule has 1 aliphatic heterocycles. The predicted molar refractivity (Wildman–Crippen MR) is 100 cm³/mol. The molecule has 1 fully saturated rings. The SMILES string of the molecule is CC[C@@H](C)C(=O)N1CCN([C@H](C)c2nc(-c3ccc(C)cc3)no2)CC1. The van der Waals surface area contributed by atoms with Crippen LogP contribution >= 0.6 is 0 Å². The third kappa shape index (κ3) is 3.96. The average Bonchev–Trinajstić information content (AvgIpc) is 3.17. The van der Waals surface area contributed by atoms with E-state index in [0.717, 1.165) is 38.2 Å². The Kier molecular flexibility index (Phi) is 5.71. The Labute approximate surface area is 155 Å². The van der Waals surface area contributed by atoms with Gasteiger partial charge in [-0.15, -0.1) is 0 Å². The summed E-state index contributed by atoms with van der Waals surface area (Å²) < 4.78 is 5.51. The first-order valence-corrected chi connectivity index (χ1v) is 9.43. The minimum absolute atomic E-state index is 0.0440. The van der Waals surface area contributed by atoms with E-state index in [1.54, 1.807) is 0 Å². The maximum atomic E-state index is 12.3. The maximum Gasteiger partial charge on any atom is 0.244 e. The van der Waals surface area contributed by atoms with E-state index in [9.17, 15) is 4.79 Å². The van der Waals surface area contributed by atoms with Crippen LogP contribution < -0.4 is 0 Å². The molecule has 140 valence electrons. The number of hydrogen-bond donors (Lipinski definition) is 0. The standard InChI is InChI=1S/C20H28N4O2/c1-5-15(3)20(25)24-12-10-23(11-13-24)16(4)19-21-18(22-26-19)17-8-6-14(2)7-9-17/h6-9,15-16H,5,10-13H2,1-4H3/t15-,16-/m1/s1. The average molecular weight is 356 g/mol. The Hall–Kier alpha value is -2.21. The first-order valence-electron chi connectivity index (χ1n) is 9.43. The number of carbonyl (C=O) groups is 1. The lowest BCUT2D eigenvalue weighted by Crippen LogP contribution is -2.50. The summed E-state index contributed by atoms with van der Waals surface area (Å²) in [5, 5.41) is 4.13. The van der Waals surface area contributed by atoms with Crippen molar-refractivity contribution in [3.63, 3.8) is 0 Å². The summed E-state index contributed by atoms with van der Waals surface area (Å²) >= 11 is 0. The molecule has 1 amide bonds. The number of piperazine rings is 1. The van der Waals surface area contributed by atoms with Crippen molar-refractivity contribution in [1.29, 1.82) is 0 Å². The third-order valence-corrected chi connectivity index (χ3v) is 5.32. The van der Waals surface area contributed by atoms with E-state index in [1.165, 1.54) is 5.56 Å². The van der Waals surface area contributed by atoms with E-state index in [4.69, 9.17) is 4.52 Å². The summed E-state index contributed by atoms with van der Waals surface area (Å²) in [4.78, 5) is 21.2. The normalized spacial score (nSPS) is 17.9. The molecular formula is C20H28N4O2. The van der Waals surface area contributed by atoms with Crippen LogP contribution in [0.4, 0.5) is 0 Å². The summed E-state index contributed by atoms with van der Waals surface area (Å²) in [6.07, 6.45) is 0.888. The van der Waals surface area contributed by atoms with E-state index < -0.39 is 0 Å². The van der Waals surface area contributed by atoms with Gasteiger partial charge in [-0.3, -0.25) is 9.69 Å². The number of nitrogens with zero attached hydrogens (tertiary/aromatic N) is 4. The zero-order valence-corrected chi connectivity index (χ0v) is 16.1. The molecule has 0 saturated carbocycles. The number of carbonyl (C=O) groups excluding carboxylic acids is 1. The highest BCUT2D eigenvalue weighted by molar-refractivity contribution is 5.78. The number of hydrogen-bond acceptors (Lipinski definition) is 5. The van der Waals surface area contributed by atoms with Crippen LogP contribution in [-0.2, 0) is 4.79 Å². The molecule has 0 radical (unpaired) electrons. The zero-order chi connectivity index (χ0) is 18.7. The van der Waals surface area contributed by atoms with E-state index in [-0.39, 0.29) is 17.9 Å². The van der Waals surface area contributed by atoms with Gasteiger partial charge in [-0.05, 0) is 20.3 Å². The van der Waals surface area contributed by atoms with Crippen molar-refractivity contribution in [2.24, 2.45) is 5.92 Å². The van der Waals surface area contributed by atoms with Crippen molar-refractivity contribution in [2.45, 2.75) is 40.2 Å². The number of rotatable bonds is 5. The van der Waals surface area contributed by atoms with E-state index in [1.807, 2.05) is 36.1 Å². The van der Waals surface area contributed by atoms with E-state index in [0.29, 0.717) is 11.7 Å². The molecule has 6 heteroatoms. The van der Waals surface area contributed by atoms with Crippen LogP contribution in [0.25, 0.3) is 11.4 Å². The minimum atomic E-state index is 0.0440. The number of aryl methyl sites for hydroxylation is 1. The van der Waals surface area contributed by atoms with Gasteiger partial charge in [0.15, 0.2) is 0 Å². The van der Waals surface area contributed by atoms with Gasteiger partial charge in [0.2, 0.25) is 17.6 Å². The van der Waals surface area contributed by atoms with Gasteiger partial charge >= 0.3 is 0 Å². The molecule has 0 N–H and O–H groups in total. The van der Waals surface area contributed by atoms with Crippen LogP contribution in [0.1, 0.15) is 44.7 Å². The number of aromatic nitrogens is 2. The van der Waals surface area contributed by atoms with Gasteiger partial charge in [-0.2, -0.15) is 4.98 Å². The maximum absolute atomic E-state index is 12.3. The molecule has 1 aromatic carbocycles. The molecule has 2 aromatic rings. The summed E-state index contributed by atoms with van der Waals surface area (Å²) in [6.45, 7) is 11.4. The van der Waals surface area contributed by atoms with Crippen LogP contribution in [0.3, 0.4) is 0 Å². The third-order valence-electron chi connectivity index (χ3n) is 5.32. The smallest absolute Gasteiger partial charge is 0.244 e. The largest absolute Gasteiger partial charge is 0.340 e. The highest BCUT2D eigenvalue weighted by Gasteiger charge is 2.29. The molecule has 6 nitrogen and oxygen atoms in total. The summed E-state index contributed by atoms with van der Waals surface area (Å²) in [5.74, 6) is 1.62. The van der Waals surface area contributed by atoms with Crippen molar-refractivity contribution in [2.75, 3.05) is 26.2 Å². The molecular weight excluding hydrogens is 328 g/mol. The first-order chi connectivity index (χ1) is 12.5. The van der Waals surface area contributed by atoms with Gasteiger partial charge in [-0.1, -0.05) is 48.8 Å². The lowest BCUT2D eigenvalue weighted by atomic mass is 10.1. The highest BCUT2D eigenvalue weighted by atomic mass is 16.5. The second-order valence-electron chi connectivity index (χ2n) is 7.17. The Morgan fingerprint density at radius 2 is 1.81 bits per heavy atom. The molecule has 0 aliphatic carbocycles. The lowest BCUT2D eigenvalue weighted by Gasteiger charge is -2.37. The fourth-order valence-electron chi connectivity index (χ4n) is 3.20. The molecule has 0 spiro atoms. The second kappa shape index (κ2) is 7.99. The van der Waals surface area contributed by atoms with Crippen molar-refractivity contribution in [3.8, 4) is 11.4 Å². The Balaban J connectivity index is 1.61. The van der Waals surface area contributed by atoms with Crippen LogP contribution in [-0.4, -0.2) is 52.0 Å². The predicted octanol–water partition coefficient (Wildman–Crippen LogP) is 3.30. The van der Waals surface area contributed by atoms with E-state index >= 15 is 0 Å². The fraction of sp³-hybridized carbons (Fsp3) is 0.550. The highest BCUT2D eigenvalue weighted by Crippen LogP contribution is 2.24. The molecule has 0 unspecified atom stereocenters. The second-order valence-corrected chi connectivity index (χ2v) is 7.17. The van der Waals surface area contributed by atoms with Gasteiger partial charge in [0, 0.05) is 37.7 Å². The Bertz CT molecular complexity index is 733. The quantitative estimate of drug-likeness (QED) is 0.822. The zero-order valence-electron chi connectivity index (χ0n) is 16.1. The molecule has 2 atom stereocenters. The molecule has 0 bridgehead atoms. The molecule has 1 aromatic heterocycles. The minimum Gasteiger partial charge on any atom is -0.340 e. The topological polar surface area (TPSA) is 62.5 Å².